The van der Waals surface area contributed by atoms with Crippen LogP contribution in [0.1, 0.15) is 16.7 Å². The second kappa shape index (κ2) is 8.48. The molecule has 0 aliphatic rings. The highest BCUT2D eigenvalue weighted by atomic mass is 35.5. The molecule has 1 heterocycles. The number of benzene rings is 2. The van der Waals surface area contributed by atoms with Gasteiger partial charge in [-0.2, -0.15) is 5.10 Å². The van der Waals surface area contributed by atoms with Crippen LogP contribution in [0, 0.1) is 13.8 Å². The van der Waals surface area contributed by atoms with Crippen molar-refractivity contribution in [3.05, 3.63) is 74.4 Å². The van der Waals surface area contributed by atoms with Crippen LogP contribution >= 0.6 is 47.0 Å². The van der Waals surface area contributed by atoms with E-state index in [-0.39, 0.29) is 0 Å². The van der Waals surface area contributed by atoms with E-state index < -0.39 is 0 Å². The molecule has 2 N–H and O–H groups in total. The molecule has 0 atom stereocenters. The first-order valence-corrected chi connectivity index (χ1v) is 9.68. The molecular formula is C19H17Cl3N4S. The predicted octanol–water partition coefficient (Wildman–Crippen LogP) is 6.32. The SMILES string of the molecule is Cc1ccc(C)c(NC(=S)Nc2nn(Cc3ccc(Cl)cc3Cl)cc2Cl)c1. The van der Waals surface area contributed by atoms with Gasteiger partial charge in [-0.1, -0.05) is 53.0 Å². The number of nitrogens with one attached hydrogen (secondary N) is 2. The Morgan fingerprint density at radius 3 is 2.56 bits per heavy atom. The lowest BCUT2D eigenvalue weighted by Crippen LogP contribution is -2.20. The number of hydrogen-bond donors (Lipinski definition) is 2. The molecule has 0 spiro atoms. The van der Waals surface area contributed by atoms with E-state index >= 15 is 0 Å². The summed E-state index contributed by atoms with van der Waals surface area (Å²) in [6.07, 6.45) is 1.72. The minimum Gasteiger partial charge on any atom is -0.332 e. The third-order valence-electron chi connectivity index (χ3n) is 3.94. The summed E-state index contributed by atoms with van der Waals surface area (Å²) in [6, 6.07) is 11.5. The zero-order valence-electron chi connectivity index (χ0n) is 14.7. The van der Waals surface area contributed by atoms with Gasteiger partial charge < -0.3 is 10.6 Å². The lowest BCUT2D eigenvalue weighted by molar-refractivity contribution is 0.690. The maximum atomic E-state index is 6.29. The Bertz CT molecular complexity index is 1000. The number of thiocarbonyl (C=S) groups is 1. The van der Waals surface area contributed by atoms with Gasteiger partial charge in [0.05, 0.1) is 6.54 Å². The molecule has 1 aromatic heterocycles. The van der Waals surface area contributed by atoms with Crippen LogP contribution in [0.15, 0.2) is 42.6 Å². The number of rotatable bonds is 4. The van der Waals surface area contributed by atoms with Gasteiger partial charge in [0.25, 0.3) is 0 Å². The fraction of sp³-hybridized carbons (Fsp3) is 0.158. The molecule has 3 aromatic rings. The van der Waals surface area contributed by atoms with Crippen LogP contribution in [0.25, 0.3) is 0 Å². The molecule has 0 unspecified atom stereocenters. The van der Waals surface area contributed by atoms with Crippen molar-refractivity contribution in [2.45, 2.75) is 20.4 Å². The Morgan fingerprint density at radius 2 is 1.81 bits per heavy atom. The van der Waals surface area contributed by atoms with E-state index in [4.69, 9.17) is 47.0 Å². The summed E-state index contributed by atoms with van der Waals surface area (Å²) in [5.74, 6) is 0.476. The fourth-order valence-electron chi connectivity index (χ4n) is 2.52. The Balaban J connectivity index is 1.70. The first-order valence-electron chi connectivity index (χ1n) is 8.14. The molecule has 0 bridgehead atoms. The molecular weight excluding hydrogens is 423 g/mol. The van der Waals surface area contributed by atoms with Crippen molar-refractivity contribution >= 4 is 63.6 Å². The summed E-state index contributed by atoms with van der Waals surface area (Å²) < 4.78 is 1.69. The Kier molecular flexibility index (Phi) is 6.27. The minimum absolute atomic E-state index is 0.417. The quantitative estimate of drug-likeness (QED) is 0.467. The van der Waals surface area contributed by atoms with Crippen LogP contribution in [0.3, 0.4) is 0 Å². The molecule has 140 valence electrons. The molecule has 0 fully saturated rings. The molecule has 0 aliphatic carbocycles. The van der Waals surface area contributed by atoms with Crippen molar-refractivity contribution in [2.75, 3.05) is 10.6 Å². The van der Waals surface area contributed by atoms with Gasteiger partial charge in [0, 0.05) is 21.9 Å². The molecule has 0 aliphatic heterocycles. The summed E-state index contributed by atoms with van der Waals surface area (Å²) in [4.78, 5) is 0. The number of aromatic nitrogens is 2. The zero-order valence-corrected chi connectivity index (χ0v) is 17.8. The molecule has 4 nitrogen and oxygen atoms in total. The second-order valence-electron chi connectivity index (χ2n) is 6.16. The maximum absolute atomic E-state index is 6.29. The summed E-state index contributed by atoms with van der Waals surface area (Å²) in [7, 11) is 0. The molecule has 0 saturated carbocycles. The smallest absolute Gasteiger partial charge is 0.176 e. The third kappa shape index (κ3) is 5.14. The number of nitrogens with zero attached hydrogens (tertiary/aromatic N) is 2. The first-order chi connectivity index (χ1) is 12.8. The van der Waals surface area contributed by atoms with Crippen molar-refractivity contribution < 1.29 is 0 Å². The van der Waals surface area contributed by atoms with Crippen LogP contribution < -0.4 is 10.6 Å². The minimum atomic E-state index is 0.417. The fourth-order valence-corrected chi connectivity index (χ4v) is 3.39. The van der Waals surface area contributed by atoms with E-state index in [1.807, 2.05) is 32.0 Å². The highest BCUT2D eigenvalue weighted by Gasteiger charge is 2.11. The van der Waals surface area contributed by atoms with Crippen LogP contribution in [0.5, 0.6) is 0 Å². The Morgan fingerprint density at radius 1 is 1.04 bits per heavy atom. The number of aryl methyl sites for hydroxylation is 2. The van der Waals surface area contributed by atoms with Gasteiger partial charge in [0.1, 0.15) is 5.02 Å². The standard InChI is InChI=1S/C19H17Cl3N4S/c1-11-3-4-12(2)17(7-11)23-19(27)24-18-16(22)10-26(25-18)9-13-5-6-14(20)8-15(13)21/h3-8,10H,9H2,1-2H3,(H2,23,24,25,27). The number of anilines is 2. The first kappa shape index (κ1) is 20.0. The van der Waals surface area contributed by atoms with Crippen LogP contribution in [-0.4, -0.2) is 14.9 Å². The van der Waals surface area contributed by atoms with E-state index in [1.165, 1.54) is 0 Å². The van der Waals surface area contributed by atoms with E-state index in [2.05, 4.69) is 21.8 Å². The molecule has 2 aromatic carbocycles. The van der Waals surface area contributed by atoms with Gasteiger partial charge in [-0.25, -0.2) is 0 Å². The Hall–Kier alpha value is -1.79. The van der Waals surface area contributed by atoms with Crippen molar-refractivity contribution in [3.63, 3.8) is 0 Å². The number of hydrogen-bond acceptors (Lipinski definition) is 2. The molecule has 27 heavy (non-hydrogen) atoms. The average molecular weight is 440 g/mol. The molecule has 0 saturated heterocycles. The van der Waals surface area contributed by atoms with Crippen molar-refractivity contribution in [1.29, 1.82) is 0 Å². The van der Waals surface area contributed by atoms with Gasteiger partial charge in [-0.05, 0) is 61.0 Å². The molecule has 3 rings (SSSR count). The predicted molar refractivity (Wildman–Crippen MR) is 119 cm³/mol. The van der Waals surface area contributed by atoms with Crippen molar-refractivity contribution in [2.24, 2.45) is 0 Å². The van der Waals surface area contributed by atoms with Crippen molar-refractivity contribution in [3.8, 4) is 0 Å². The lowest BCUT2D eigenvalue weighted by Gasteiger charge is -2.12. The van der Waals surface area contributed by atoms with Gasteiger partial charge in [0.15, 0.2) is 10.9 Å². The van der Waals surface area contributed by atoms with Gasteiger partial charge in [-0.15, -0.1) is 0 Å². The van der Waals surface area contributed by atoms with Crippen LogP contribution in [-0.2, 0) is 6.54 Å². The van der Waals surface area contributed by atoms with Crippen molar-refractivity contribution in [1.82, 2.24) is 9.78 Å². The van der Waals surface area contributed by atoms with E-state index in [1.54, 1.807) is 23.0 Å². The normalized spacial score (nSPS) is 10.7. The van der Waals surface area contributed by atoms with E-state index in [0.29, 0.717) is 32.5 Å². The monoisotopic (exact) mass is 438 g/mol. The third-order valence-corrected chi connectivity index (χ3v) is 5.01. The van der Waals surface area contributed by atoms with E-state index in [9.17, 15) is 0 Å². The number of halogens is 3. The van der Waals surface area contributed by atoms with Gasteiger partial charge in [-0.3, -0.25) is 4.68 Å². The summed E-state index contributed by atoms with van der Waals surface area (Å²) >= 11 is 23.8. The zero-order chi connectivity index (χ0) is 19.6. The largest absolute Gasteiger partial charge is 0.332 e. The molecule has 0 radical (unpaired) electrons. The highest BCUT2D eigenvalue weighted by Crippen LogP contribution is 2.25. The maximum Gasteiger partial charge on any atom is 0.176 e. The molecule has 8 heteroatoms. The van der Waals surface area contributed by atoms with Gasteiger partial charge >= 0.3 is 0 Å². The van der Waals surface area contributed by atoms with Crippen LogP contribution in [0.2, 0.25) is 15.1 Å². The summed E-state index contributed by atoms with van der Waals surface area (Å²) in [5.41, 5.74) is 4.07. The van der Waals surface area contributed by atoms with Gasteiger partial charge in [0.2, 0.25) is 0 Å². The average Bonchev–Trinajstić information content (AvgIpc) is 2.93. The summed E-state index contributed by atoms with van der Waals surface area (Å²) in [6.45, 7) is 4.51. The molecule has 0 amide bonds. The second-order valence-corrected chi connectivity index (χ2v) is 7.82. The summed E-state index contributed by atoms with van der Waals surface area (Å²) in [5, 5.41) is 12.7. The lowest BCUT2D eigenvalue weighted by atomic mass is 10.1. The highest BCUT2D eigenvalue weighted by molar-refractivity contribution is 7.80. The topological polar surface area (TPSA) is 41.9 Å². The van der Waals surface area contributed by atoms with Crippen LogP contribution in [0.4, 0.5) is 11.5 Å². The van der Waals surface area contributed by atoms with E-state index in [0.717, 1.165) is 22.4 Å². The Labute approximate surface area is 178 Å².